The molecular formula is C33H34O3. The van der Waals surface area contributed by atoms with E-state index in [0.717, 1.165) is 22.3 Å². The minimum atomic E-state index is -0.744. The van der Waals surface area contributed by atoms with Crippen molar-refractivity contribution in [2.45, 2.75) is 52.4 Å². The topological polar surface area (TPSA) is 35.5 Å². The van der Waals surface area contributed by atoms with Crippen LogP contribution in [0, 0.1) is 13.8 Å². The number of hydrogen-bond acceptors (Lipinski definition) is 3. The van der Waals surface area contributed by atoms with Crippen LogP contribution < -0.4 is 9.47 Å². The van der Waals surface area contributed by atoms with Crippen LogP contribution in [0.15, 0.2) is 97.1 Å². The first-order chi connectivity index (χ1) is 17.1. The number of carbonyl (C=O) groups excluding carboxylic acids is 1. The van der Waals surface area contributed by atoms with E-state index in [4.69, 9.17) is 9.47 Å². The number of rotatable bonds is 6. The van der Waals surface area contributed by atoms with Gasteiger partial charge in [0, 0.05) is 10.8 Å². The average molecular weight is 479 g/mol. The fraction of sp³-hybridized carbons (Fsp3) is 0.242. The summed E-state index contributed by atoms with van der Waals surface area (Å²) in [6.07, 6.45) is -0.744. The summed E-state index contributed by atoms with van der Waals surface area (Å²) in [7, 11) is 0. The molecule has 0 saturated carbocycles. The van der Waals surface area contributed by atoms with Crippen molar-refractivity contribution < 1.29 is 14.3 Å². The molecule has 4 rings (SSSR count). The van der Waals surface area contributed by atoms with E-state index < -0.39 is 6.16 Å². The fourth-order valence-corrected chi connectivity index (χ4v) is 4.55. The van der Waals surface area contributed by atoms with Crippen molar-refractivity contribution in [1.82, 2.24) is 0 Å². The number of aryl methyl sites for hydroxylation is 2. The molecule has 0 amide bonds. The van der Waals surface area contributed by atoms with Gasteiger partial charge in [-0.15, -0.1) is 0 Å². The third-order valence-electron chi connectivity index (χ3n) is 7.17. The lowest BCUT2D eigenvalue weighted by Gasteiger charge is -2.27. The maximum absolute atomic E-state index is 12.6. The second kappa shape index (κ2) is 10.0. The van der Waals surface area contributed by atoms with Crippen LogP contribution in [0.25, 0.3) is 0 Å². The standard InChI is InChI=1S/C33H34O3/c1-23-21-27(32(3,4)25-13-9-7-10-14-25)17-19-29(23)35-31(34)36-30-20-18-28(22-24(30)2)33(5,6)26-15-11-8-12-16-26/h7-22H,1-6H3. The Morgan fingerprint density at radius 1 is 0.528 bits per heavy atom. The first kappa shape index (κ1) is 25.2. The first-order valence-corrected chi connectivity index (χ1v) is 12.3. The Hall–Kier alpha value is -3.85. The van der Waals surface area contributed by atoms with Crippen LogP contribution >= 0.6 is 0 Å². The summed E-state index contributed by atoms with van der Waals surface area (Å²) in [6.45, 7) is 12.7. The molecule has 0 aromatic heterocycles. The van der Waals surface area contributed by atoms with Crippen LogP contribution in [0.3, 0.4) is 0 Å². The summed E-state index contributed by atoms with van der Waals surface area (Å²) in [5, 5.41) is 0. The summed E-state index contributed by atoms with van der Waals surface area (Å²) >= 11 is 0. The molecule has 0 aliphatic carbocycles. The zero-order valence-corrected chi connectivity index (χ0v) is 22.0. The van der Waals surface area contributed by atoms with Gasteiger partial charge in [-0.25, -0.2) is 4.79 Å². The van der Waals surface area contributed by atoms with Gasteiger partial charge in [-0.05, 0) is 59.4 Å². The minimum absolute atomic E-state index is 0.169. The second-order valence-electron chi connectivity index (χ2n) is 10.4. The minimum Gasteiger partial charge on any atom is -0.394 e. The third kappa shape index (κ3) is 5.21. The zero-order valence-electron chi connectivity index (χ0n) is 22.0. The second-order valence-corrected chi connectivity index (χ2v) is 10.4. The summed E-state index contributed by atoms with van der Waals surface area (Å²) < 4.78 is 11.2. The summed E-state index contributed by atoms with van der Waals surface area (Å²) in [5.41, 5.74) is 6.18. The lowest BCUT2D eigenvalue weighted by Crippen LogP contribution is -2.20. The molecule has 184 valence electrons. The Balaban J connectivity index is 1.47. The lowest BCUT2D eigenvalue weighted by molar-refractivity contribution is 0.151. The highest BCUT2D eigenvalue weighted by Gasteiger charge is 2.25. The molecule has 0 fully saturated rings. The van der Waals surface area contributed by atoms with Crippen molar-refractivity contribution in [3.63, 3.8) is 0 Å². The van der Waals surface area contributed by atoms with Gasteiger partial charge in [0.2, 0.25) is 0 Å². The number of benzene rings is 4. The first-order valence-electron chi connectivity index (χ1n) is 12.3. The maximum Gasteiger partial charge on any atom is 0.519 e. The van der Waals surface area contributed by atoms with Gasteiger partial charge in [0.25, 0.3) is 0 Å². The van der Waals surface area contributed by atoms with Gasteiger partial charge in [-0.1, -0.05) is 113 Å². The monoisotopic (exact) mass is 478 g/mol. The van der Waals surface area contributed by atoms with Crippen molar-refractivity contribution in [3.05, 3.63) is 130 Å². The fourth-order valence-electron chi connectivity index (χ4n) is 4.55. The molecule has 0 atom stereocenters. The predicted octanol–water partition coefficient (Wildman–Crippen LogP) is 8.53. The number of carbonyl (C=O) groups is 1. The Morgan fingerprint density at radius 2 is 0.889 bits per heavy atom. The van der Waals surface area contributed by atoms with E-state index in [-0.39, 0.29) is 10.8 Å². The van der Waals surface area contributed by atoms with E-state index in [1.165, 1.54) is 11.1 Å². The normalized spacial score (nSPS) is 11.7. The summed E-state index contributed by atoms with van der Waals surface area (Å²) in [6, 6.07) is 32.6. The molecule has 0 saturated heterocycles. The van der Waals surface area contributed by atoms with E-state index in [1.54, 1.807) is 0 Å². The van der Waals surface area contributed by atoms with Crippen LogP contribution in [0.4, 0.5) is 4.79 Å². The molecular weight excluding hydrogens is 444 g/mol. The van der Waals surface area contributed by atoms with E-state index in [1.807, 2.05) is 50.2 Å². The van der Waals surface area contributed by atoms with Crippen molar-refractivity contribution in [1.29, 1.82) is 0 Å². The SMILES string of the molecule is Cc1cc(C(C)(C)c2ccccc2)ccc1OC(=O)Oc1ccc(C(C)(C)c2ccccc2)cc1C. The molecule has 0 spiro atoms. The molecule has 0 aliphatic rings. The Morgan fingerprint density at radius 3 is 1.22 bits per heavy atom. The van der Waals surface area contributed by atoms with Gasteiger partial charge >= 0.3 is 6.16 Å². The molecule has 0 bridgehead atoms. The molecule has 3 nitrogen and oxygen atoms in total. The van der Waals surface area contributed by atoms with Crippen LogP contribution in [0.2, 0.25) is 0 Å². The van der Waals surface area contributed by atoms with Crippen molar-refractivity contribution in [2.75, 3.05) is 0 Å². The quantitative estimate of drug-likeness (QED) is 0.206. The Labute approximate surface area is 214 Å². The third-order valence-corrected chi connectivity index (χ3v) is 7.17. The van der Waals surface area contributed by atoms with Crippen molar-refractivity contribution in [2.24, 2.45) is 0 Å². The van der Waals surface area contributed by atoms with Crippen LogP contribution in [0.1, 0.15) is 61.1 Å². The van der Waals surface area contributed by atoms with Crippen LogP contribution in [-0.2, 0) is 10.8 Å². The molecule has 4 aromatic rings. The van der Waals surface area contributed by atoms with Crippen molar-refractivity contribution in [3.8, 4) is 11.5 Å². The molecule has 0 heterocycles. The molecule has 36 heavy (non-hydrogen) atoms. The van der Waals surface area contributed by atoms with Gasteiger partial charge in [0.15, 0.2) is 0 Å². The highest BCUT2D eigenvalue weighted by molar-refractivity contribution is 5.68. The number of ether oxygens (including phenoxy) is 2. The van der Waals surface area contributed by atoms with Gasteiger partial charge in [0.05, 0.1) is 0 Å². The Kier molecular flexibility index (Phi) is 7.03. The average Bonchev–Trinajstić information content (AvgIpc) is 2.87. The lowest BCUT2D eigenvalue weighted by atomic mass is 9.78. The van der Waals surface area contributed by atoms with E-state index in [0.29, 0.717) is 11.5 Å². The van der Waals surface area contributed by atoms with Gasteiger partial charge in [0.1, 0.15) is 11.5 Å². The molecule has 0 N–H and O–H groups in total. The molecule has 0 radical (unpaired) electrons. The van der Waals surface area contributed by atoms with E-state index in [2.05, 4.69) is 88.4 Å². The smallest absolute Gasteiger partial charge is 0.394 e. The largest absolute Gasteiger partial charge is 0.519 e. The Bertz CT molecular complexity index is 1250. The van der Waals surface area contributed by atoms with Crippen molar-refractivity contribution >= 4 is 6.16 Å². The van der Waals surface area contributed by atoms with Gasteiger partial charge < -0.3 is 9.47 Å². The highest BCUT2D eigenvalue weighted by atomic mass is 16.7. The van der Waals surface area contributed by atoms with Gasteiger partial charge in [-0.3, -0.25) is 0 Å². The summed E-state index contributed by atoms with van der Waals surface area (Å²) in [5.74, 6) is 0.985. The predicted molar refractivity (Wildman–Crippen MR) is 146 cm³/mol. The van der Waals surface area contributed by atoms with Crippen LogP contribution in [0.5, 0.6) is 11.5 Å². The highest BCUT2D eigenvalue weighted by Crippen LogP contribution is 2.35. The van der Waals surface area contributed by atoms with E-state index in [9.17, 15) is 4.79 Å². The van der Waals surface area contributed by atoms with Gasteiger partial charge in [-0.2, -0.15) is 0 Å². The molecule has 0 unspecified atom stereocenters. The molecule has 3 heteroatoms. The number of hydrogen-bond donors (Lipinski definition) is 0. The molecule has 4 aromatic carbocycles. The van der Waals surface area contributed by atoms with E-state index >= 15 is 0 Å². The maximum atomic E-state index is 12.6. The summed E-state index contributed by atoms with van der Waals surface area (Å²) in [4.78, 5) is 12.6. The molecule has 0 aliphatic heterocycles. The zero-order chi connectivity index (χ0) is 25.9. The van der Waals surface area contributed by atoms with Crippen LogP contribution in [-0.4, -0.2) is 6.16 Å².